The van der Waals surface area contributed by atoms with E-state index in [0.717, 1.165) is 250 Å². The Hall–Kier alpha value is -8.32. The van der Waals surface area contributed by atoms with Crippen molar-refractivity contribution in [2.45, 2.75) is 308 Å². The number of hydrogen-bond donors (Lipinski definition) is 5. The lowest BCUT2D eigenvalue weighted by Crippen LogP contribution is -2.37. The minimum absolute atomic E-state index is 0.00869. The molecule has 2 unspecified atom stereocenters. The number of carbonyl (C=O) groups excluding carboxylic acids is 5. The summed E-state index contributed by atoms with van der Waals surface area (Å²) in [6.45, 7) is 40.8. The van der Waals surface area contributed by atoms with Crippen molar-refractivity contribution in [3.63, 3.8) is 0 Å². The topological polar surface area (TPSA) is 216 Å². The molecule has 147 heavy (non-hydrogen) atoms. The molecule has 0 spiro atoms. The van der Waals surface area contributed by atoms with Gasteiger partial charge >= 0.3 is 6.18 Å². The zero-order valence-electron chi connectivity index (χ0n) is 87.3. The van der Waals surface area contributed by atoms with Crippen LogP contribution in [0.25, 0.3) is 104 Å². The molecule has 5 aromatic carbocycles. The smallest absolute Gasteiger partial charge is 0.317 e. The molecule has 5 aliphatic rings. The molecule has 15 aromatic rings. The van der Waals surface area contributed by atoms with Crippen molar-refractivity contribution in [1.82, 2.24) is 56.0 Å². The van der Waals surface area contributed by atoms with E-state index in [-0.39, 0.29) is 23.0 Å². The number of benzene rings is 5. The largest absolute Gasteiger partial charge is 0.416 e. The number of fused-ring (bicyclic) bond motifs is 10. The van der Waals surface area contributed by atoms with Crippen molar-refractivity contribution in [2.75, 3.05) is 44.6 Å². The Morgan fingerprint density at radius 2 is 0.755 bits per heavy atom. The van der Waals surface area contributed by atoms with Crippen molar-refractivity contribution in [3.05, 3.63) is 192 Å². The molecule has 0 saturated heterocycles. The minimum Gasteiger partial charge on any atom is -0.317 e. The summed E-state index contributed by atoms with van der Waals surface area (Å²) in [6.07, 6.45) is 16.0. The van der Waals surface area contributed by atoms with Crippen LogP contribution in [0.1, 0.15) is 271 Å². The van der Waals surface area contributed by atoms with Crippen molar-refractivity contribution in [1.29, 1.82) is 0 Å². The van der Waals surface area contributed by atoms with Gasteiger partial charge in [0.25, 0.3) is 0 Å². The molecule has 0 fully saturated rings. The lowest BCUT2D eigenvalue weighted by molar-refractivity contribution is -0.137. The average Bonchev–Trinajstić information content (AvgIpc) is 1.63. The number of anilines is 1. The first-order valence-corrected chi connectivity index (χ1v) is 60.9. The fourth-order valence-electron chi connectivity index (χ4n) is 19.5. The summed E-state index contributed by atoms with van der Waals surface area (Å²) in [5.74, 6) is 3.03. The standard InChI is InChI=1S/C26H33FN2OS2.C24H27F3N2OS2.C24H32N4OS2.C22H26N2OS2.C20H22N2OS2/c1-5-17(4)7-6-8-19(30)14-23-25(20-11-12-29(16(2)3)15-24(20)31-23)26-28-21-13-18(27)9-10-22(21)32-26;1-3-14(2)5-4-6-16(30)12-20-22(17-9-10-28-13-21(17)31-20)23-29-18-11-15(24(25,26)27)7-8-19(18)32-23;1-15(2)28-13-11-16-19(14-28)31-23(27-20(29)10-12-25-24(3,4)5)21(16)22-26-17-8-6-7-9-18(17)30-22;1-14(2)6-5-7-15(25)12-19-21(16-10-11-23-13-20(16)26-19)22-24-17-8-3-4-9-18(17)27-22;1-2-3-6-13(23)11-17-19(14-9-10-21-12-18(14)24-17)20-22-15-7-4-5-8-16(15)25-20/h9-10,13,16-17H,5-8,11-12,14-15H2,1-4H3;7-8,11,14,28H,3-6,9-10,12-13H2,1-2H3;6-9,15,25H,10-14H2,1-5H3,(H,27,29);3-4,8-9,14,23H,5-7,10-13H2,1-2H3;4-5,7-8,21H,2-3,6,9-12H2,1H3. The second-order valence-electron chi connectivity index (χ2n) is 41.7. The Bertz CT molecular complexity index is 6990. The van der Waals surface area contributed by atoms with Gasteiger partial charge in [-0.1, -0.05) is 123 Å². The molecule has 782 valence electrons. The van der Waals surface area contributed by atoms with Gasteiger partial charge in [0.05, 0.1) is 56.6 Å². The number of Topliss-reactive ketones (excluding diaryl/α,β-unsaturated/α-hetero) is 4. The van der Waals surface area contributed by atoms with Crippen LogP contribution < -0.4 is 26.6 Å². The second-order valence-corrected chi connectivity index (χ2v) is 52.7. The van der Waals surface area contributed by atoms with Gasteiger partial charge < -0.3 is 26.6 Å². The van der Waals surface area contributed by atoms with Crippen LogP contribution in [-0.2, 0) is 121 Å². The van der Waals surface area contributed by atoms with Gasteiger partial charge in [0.1, 0.15) is 59.0 Å². The number of rotatable bonds is 36. The molecule has 5 aliphatic heterocycles. The van der Waals surface area contributed by atoms with Crippen LogP contribution in [0, 0.1) is 23.6 Å². The molecule has 0 aliphatic carbocycles. The maximum atomic E-state index is 13.7. The average molecular weight is 2180 g/mol. The van der Waals surface area contributed by atoms with Crippen molar-refractivity contribution in [2.24, 2.45) is 17.8 Å². The number of thiophene rings is 5. The number of amides is 1. The van der Waals surface area contributed by atoms with Crippen molar-refractivity contribution >= 4 is 198 Å². The zero-order chi connectivity index (χ0) is 104. The normalized spacial score (nSPS) is 14.8. The van der Waals surface area contributed by atoms with Crippen LogP contribution in [0.3, 0.4) is 0 Å². The number of thiazole rings is 5. The van der Waals surface area contributed by atoms with Crippen molar-refractivity contribution in [3.8, 4) is 52.9 Å². The lowest BCUT2D eigenvalue weighted by atomic mass is 9.97. The summed E-state index contributed by atoms with van der Waals surface area (Å²) in [5.41, 5.74) is 16.1. The molecule has 17 nitrogen and oxygen atoms in total. The Morgan fingerprint density at radius 1 is 0.401 bits per heavy atom. The Labute approximate surface area is 903 Å². The first-order valence-electron chi connectivity index (χ1n) is 52.7. The number of carbonyl (C=O) groups is 5. The first kappa shape index (κ1) is 111. The highest BCUT2D eigenvalue weighted by Gasteiger charge is 2.36. The molecule has 5 N–H and O–H groups in total. The Morgan fingerprint density at radius 3 is 1.14 bits per heavy atom. The molecule has 1 amide bonds. The SMILES string of the molecule is CC(C)CCCC(=O)Cc1sc2c(c1-c1nc3ccccc3s1)CCNC2.CC(C)N1CCc2c(sc(NC(=O)CCNC(C)(C)C)c2-c2nc3ccccc3s2)C1.CCC(C)CCCC(=O)Cc1sc2c(c1-c1nc3cc(C(F)(F)F)ccc3s1)CCNC2.CCC(C)CCCC(=O)Cc1sc2c(c1-c1nc3cc(F)ccc3s1)CCN(C(C)C)C2.CCCCC(=O)Cc1sc2c(c1-c1nc3ccccc3s1)CCNC2. The fourth-order valence-corrected chi connectivity index (χ4v) is 31.9. The summed E-state index contributed by atoms with van der Waals surface area (Å²) < 4.78 is 58.5. The number of aromatic nitrogens is 5. The van der Waals surface area contributed by atoms with E-state index in [0.29, 0.717) is 123 Å². The third-order valence-corrected chi connectivity index (χ3v) is 39.5. The van der Waals surface area contributed by atoms with Crippen LogP contribution in [0.5, 0.6) is 0 Å². The predicted molar refractivity (Wildman–Crippen MR) is 615 cm³/mol. The molecule has 0 saturated carbocycles. The number of unbranched alkanes of at least 4 members (excludes halogenated alkanes) is 1. The number of halogens is 4. The molecule has 0 bridgehead atoms. The Kier molecular flexibility index (Phi) is 38.9. The van der Waals surface area contributed by atoms with Crippen LogP contribution in [0.2, 0.25) is 0 Å². The number of alkyl halides is 3. The van der Waals surface area contributed by atoms with Crippen LogP contribution in [0.15, 0.2) is 109 Å². The summed E-state index contributed by atoms with van der Waals surface area (Å²) in [5, 5.41) is 22.7. The van der Waals surface area contributed by atoms with E-state index in [1.807, 2.05) is 46.9 Å². The van der Waals surface area contributed by atoms with Crippen molar-refractivity contribution < 1.29 is 41.5 Å². The summed E-state index contributed by atoms with van der Waals surface area (Å²) in [7, 11) is 0. The Balaban J connectivity index is 0.000000132. The highest BCUT2D eigenvalue weighted by molar-refractivity contribution is 7.24. The quantitative estimate of drug-likeness (QED) is 0.0231. The number of nitrogens with one attached hydrogen (secondary N) is 5. The molecular formula is C116H140F4N12O5S10. The molecule has 10 aromatic heterocycles. The monoisotopic (exact) mass is 2180 g/mol. The highest BCUT2D eigenvalue weighted by atomic mass is 32.1. The van der Waals surface area contributed by atoms with Gasteiger partial charge in [0.2, 0.25) is 5.91 Å². The van der Waals surface area contributed by atoms with E-state index in [4.69, 9.17) is 19.9 Å². The lowest BCUT2D eigenvalue weighted by Gasteiger charge is -2.30. The van der Waals surface area contributed by atoms with Gasteiger partial charge in [-0.15, -0.1) is 113 Å². The van der Waals surface area contributed by atoms with Gasteiger partial charge in [-0.25, -0.2) is 29.3 Å². The van der Waals surface area contributed by atoms with E-state index in [9.17, 15) is 41.5 Å². The third-order valence-electron chi connectivity index (χ3n) is 28.2. The zero-order valence-corrected chi connectivity index (χ0v) is 95.5. The van der Waals surface area contributed by atoms with Gasteiger partial charge in [0, 0.05) is 206 Å². The molecule has 15 heterocycles. The maximum Gasteiger partial charge on any atom is 0.416 e. The fraction of sp³-hybridized carbons (Fsp3) is 0.483. The summed E-state index contributed by atoms with van der Waals surface area (Å²) in [4.78, 5) is 104. The molecule has 31 heteroatoms. The number of ketones is 4. The van der Waals surface area contributed by atoms with E-state index in [1.54, 1.807) is 79.4 Å². The summed E-state index contributed by atoms with van der Waals surface area (Å²) in [6, 6.07) is 34.4. The van der Waals surface area contributed by atoms with E-state index in [2.05, 4.69) is 193 Å². The number of nitrogens with zero attached hydrogens (tertiary/aromatic N) is 7. The predicted octanol–water partition coefficient (Wildman–Crippen LogP) is 30.4. The molecule has 2 atom stereocenters. The summed E-state index contributed by atoms with van der Waals surface area (Å²) >= 11 is 17.0. The van der Waals surface area contributed by atoms with Crippen LogP contribution >= 0.6 is 113 Å². The van der Waals surface area contributed by atoms with Crippen LogP contribution in [0.4, 0.5) is 22.6 Å². The number of hydrogen-bond acceptors (Lipinski definition) is 26. The molecular weight excluding hydrogens is 2040 g/mol. The maximum absolute atomic E-state index is 13.7. The van der Waals surface area contributed by atoms with Gasteiger partial charge in [-0.05, 0) is 238 Å². The third kappa shape index (κ3) is 28.8. The highest BCUT2D eigenvalue weighted by Crippen LogP contribution is 2.51. The van der Waals surface area contributed by atoms with E-state index < -0.39 is 11.7 Å². The number of para-hydroxylation sites is 3. The molecule has 0 radical (unpaired) electrons. The minimum atomic E-state index is -4.39. The first-order chi connectivity index (χ1) is 70.7. The van der Waals surface area contributed by atoms with Crippen LogP contribution in [-0.4, -0.2) is 121 Å². The second kappa shape index (κ2) is 51.4. The van der Waals surface area contributed by atoms with Gasteiger partial charge in [-0.3, -0.25) is 33.8 Å². The van der Waals surface area contributed by atoms with Gasteiger partial charge in [0.15, 0.2) is 0 Å². The molecule has 20 rings (SSSR count). The van der Waals surface area contributed by atoms with E-state index in [1.165, 1.54) is 123 Å². The van der Waals surface area contributed by atoms with E-state index >= 15 is 0 Å². The van der Waals surface area contributed by atoms with Gasteiger partial charge in [-0.2, -0.15) is 13.2 Å².